The van der Waals surface area contributed by atoms with Gasteiger partial charge in [0.2, 0.25) is 5.91 Å². The maximum absolute atomic E-state index is 13.4. The first-order valence-electron chi connectivity index (χ1n) is 10.8. The summed E-state index contributed by atoms with van der Waals surface area (Å²) in [5.74, 6) is 0.551. The van der Waals surface area contributed by atoms with Crippen molar-refractivity contribution in [3.05, 3.63) is 69.2 Å². The molecule has 3 aromatic rings. The van der Waals surface area contributed by atoms with E-state index in [9.17, 15) is 9.59 Å². The number of rotatable bonds is 4. The lowest BCUT2D eigenvalue weighted by Gasteiger charge is -2.40. The Morgan fingerprint density at radius 1 is 1.21 bits per heavy atom. The number of para-hydroxylation sites is 1. The zero-order valence-electron chi connectivity index (χ0n) is 18.8. The van der Waals surface area contributed by atoms with Gasteiger partial charge in [-0.05, 0) is 36.6 Å². The number of amides is 1. The Balaban J connectivity index is 1.93. The highest BCUT2D eigenvalue weighted by molar-refractivity contribution is 6.41. The van der Waals surface area contributed by atoms with Crippen molar-refractivity contribution >= 4 is 46.0 Å². The van der Waals surface area contributed by atoms with Gasteiger partial charge in [-0.25, -0.2) is 14.3 Å². The smallest absolute Gasteiger partial charge is 0.350 e. The molecule has 0 radical (unpaired) electrons. The molecule has 33 heavy (non-hydrogen) atoms. The molecule has 9 heteroatoms. The zero-order valence-corrected chi connectivity index (χ0v) is 20.3. The zero-order chi connectivity index (χ0) is 23.9. The maximum Gasteiger partial charge on any atom is 0.355 e. The average Bonchev–Trinajstić information content (AvgIpc) is 2.79. The lowest BCUT2D eigenvalue weighted by atomic mass is 10.0. The van der Waals surface area contributed by atoms with Crippen molar-refractivity contribution in [3.8, 4) is 5.69 Å². The minimum atomic E-state index is -0.451. The van der Waals surface area contributed by atoms with E-state index in [2.05, 4.69) is 30.4 Å². The fourth-order valence-electron chi connectivity index (χ4n) is 4.30. The number of benzene rings is 1. The molecule has 2 aromatic heterocycles. The SMILES string of the molecule is C=CC(=O)N1CCN(c2nc(=O)n(-c3ccccc3C(C)C)c3nc(Cl)c(Cl)cc23)C(C)C1. The second kappa shape index (κ2) is 9.15. The number of pyridine rings is 1. The standard InChI is InChI=1S/C24H25Cl2N5O2/c1-5-20(32)29-10-11-30(15(4)13-29)22-17-12-18(25)21(26)27-23(17)31(24(33)28-22)19-9-7-6-8-16(19)14(2)3/h5-9,12,14-15H,1,10-11,13H2,2-4H3. The normalized spacial score (nSPS) is 16.5. The van der Waals surface area contributed by atoms with Gasteiger partial charge in [0, 0.05) is 25.7 Å². The van der Waals surface area contributed by atoms with Gasteiger partial charge in [0.25, 0.3) is 0 Å². The molecule has 1 aliphatic heterocycles. The molecule has 172 valence electrons. The van der Waals surface area contributed by atoms with E-state index in [1.165, 1.54) is 10.6 Å². The maximum atomic E-state index is 13.4. The monoisotopic (exact) mass is 485 g/mol. The van der Waals surface area contributed by atoms with Crippen LogP contribution in [-0.4, -0.2) is 51.0 Å². The van der Waals surface area contributed by atoms with Crippen LogP contribution in [0.25, 0.3) is 16.7 Å². The van der Waals surface area contributed by atoms with E-state index in [0.29, 0.717) is 42.2 Å². The summed E-state index contributed by atoms with van der Waals surface area (Å²) in [6.45, 7) is 11.2. The van der Waals surface area contributed by atoms with Crippen molar-refractivity contribution in [2.75, 3.05) is 24.5 Å². The van der Waals surface area contributed by atoms with Crippen LogP contribution in [0, 0.1) is 0 Å². The highest BCUT2D eigenvalue weighted by atomic mass is 35.5. The number of hydrogen-bond acceptors (Lipinski definition) is 5. The molecule has 1 amide bonds. The number of carbonyl (C=O) groups is 1. The second-order valence-electron chi connectivity index (χ2n) is 8.43. The summed E-state index contributed by atoms with van der Waals surface area (Å²) in [5, 5.41) is 1.02. The lowest BCUT2D eigenvalue weighted by Crippen LogP contribution is -2.54. The molecule has 3 heterocycles. The molecule has 4 rings (SSSR count). The van der Waals surface area contributed by atoms with Crippen LogP contribution >= 0.6 is 23.2 Å². The molecule has 1 unspecified atom stereocenters. The Labute approximate surface area is 202 Å². The largest absolute Gasteiger partial charge is 0.355 e. The van der Waals surface area contributed by atoms with Gasteiger partial charge in [0.05, 0.1) is 16.1 Å². The predicted octanol–water partition coefficient (Wildman–Crippen LogP) is 4.43. The minimum absolute atomic E-state index is 0.0778. The Kier molecular flexibility index (Phi) is 6.45. The minimum Gasteiger partial charge on any atom is -0.350 e. The molecule has 7 nitrogen and oxygen atoms in total. The predicted molar refractivity (Wildman–Crippen MR) is 133 cm³/mol. The Bertz CT molecular complexity index is 1300. The molecule has 0 spiro atoms. The van der Waals surface area contributed by atoms with Gasteiger partial charge in [0.1, 0.15) is 11.0 Å². The Morgan fingerprint density at radius 2 is 1.94 bits per heavy atom. The summed E-state index contributed by atoms with van der Waals surface area (Å²) in [6.07, 6.45) is 1.31. The van der Waals surface area contributed by atoms with Gasteiger partial charge in [0.15, 0.2) is 5.65 Å². The van der Waals surface area contributed by atoms with Gasteiger partial charge in [-0.1, -0.05) is 61.8 Å². The van der Waals surface area contributed by atoms with Crippen LogP contribution in [0.15, 0.2) is 47.8 Å². The number of hydrogen-bond donors (Lipinski definition) is 0. The van der Waals surface area contributed by atoms with Gasteiger partial charge in [-0.3, -0.25) is 4.79 Å². The third-order valence-electron chi connectivity index (χ3n) is 5.94. The van der Waals surface area contributed by atoms with Gasteiger partial charge in [-0.15, -0.1) is 0 Å². The first-order chi connectivity index (χ1) is 15.7. The summed E-state index contributed by atoms with van der Waals surface area (Å²) < 4.78 is 1.50. The number of piperazine rings is 1. The van der Waals surface area contributed by atoms with E-state index in [1.54, 1.807) is 11.0 Å². The summed E-state index contributed by atoms with van der Waals surface area (Å²) in [5.41, 5.74) is 1.65. The summed E-state index contributed by atoms with van der Waals surface area (Å²) in [6, 6.07) is 9.31. The van der Waals surface area contributed by atoms with Crippen LogP contribution in [-0.2, 0) is 4.79 Å². The average molecular weight is 486 g/mol. The number of carbonyl (C=O) groups excluding carboxylic acids is 1. The van der Waals surface area contributed by atoms with E-state index in [-0.39, 0.29) is 28.0 Å². The van der Waals surface area contributed by atoms with Crippen LogP contribution < -0.4 is 10.6 Å². The number of anilines is 1. The van der Waals surface area contributed by atoms with Gasteiger partial charge in [-0.2, -0.15) is 4.98 Å². The number of fused-ring (bicyclic) bond motifs is 1. The summed E-state index contributed by atoms with van der Waals surface area (Å²) in [4.78, 5) is 38.2. The van der Waals surface area contributed by atoms with Crippen LogP contribution in [0.5, 0.6) is 0 Å². The number of nitrogens with zero attached hydrogens (tertiary/aromatic N) is 5. The van der Waals surface area contributed by atoms with Crippen molar-refractivity contribution in [1.82, 2.24) is 19.4 Å². The van der Waals surface area contributed by atoms with E-state index in [1.807, 2.05) is 36.1 Å². The van der Waals surface area contributed by atoms with E-state index in [0.717, 1.165) is 5.56 Å². The first kappa shape index (κ1) is 23.3. The van der Waals surface area contributed by atoms with Crippen molar-refractivity contribution < 1.29 is 4.79 Å². The molecule has 0 aliphatic carbocycles. The molecular formula is C24H25Cl2N5O2. The quantitative estimate of drug-likeness (QED) is 0.403. The van der Waals surface area contributed by atoms with Crippen molar-refractivity contribution in [2.45, 2.75) is 32.7 Å². The second-order valence-corrected chi connectivity index (χ2v) is 9.20. The highest BCUT2D eigenvalue weighted by Gasteiger charge is 2.29. The lowest BCUT2D eigenvalue weighted by molar-refractivity contribution is -0.126. The van der Waals surface area contributed by atoms with Gasteiger partial charge < -0.3 is 9.80 Å². The molecule has 1 aliphatic rings. The fraction of sp³-hybridized carbons (Fsp3) is 0.333. The van der Waals surface area contributed by atoms with Crippen LogP contribution in [0.3, 0.4) is 0 Å². The Morgan fingerprint density at radius 3 is 2.61 bits per heavy atom. The summed E-state index contributed by atoms with van der Waals surface area (Å²) >= 11 is 12.6. The molecule has 1 atom stereocenters. The van der Waals surface area contributed by atoms with Crippen molar-refractivity contribution in [3.63, 3.8) is 0 Å². The number of halogens is 2. The van der Waals surface area contributed by atoms with Crippen LogP contribution in [0.4, 0.5) is 5.82 Å². The van der Waals surface area contributed by atoms with Crippen LogP contribution in [0.1, 0.15) is 32.3 Å². The third-order valence-corrected chi connectivity index (χ3v) is 6.62. The first-order valence-corrected chi connectivity index (χ1v) is 11.5. The fourth-order valence-corrected chi connectivity index (χ4v) is 4.59. The summed E-state index contributed by atoms with van der Waals surface area (Å²) in [7, 11) is 0. The molecule has 1 aromatic carbocycles. The van der Waals surface area contributed by atoms with E-state index >= 15 is 0 Å². The van der Waals surface area contributed by atoms with E-state index in [4.69, 9.17) is 23.2 Å². The third kappa shape index (κ3) is 4.23. The van der Waals surface area contributed by atoms with E-state index < -0.39 is 5.69 Å². The number of aromatic nitrogens is 3. The molecule has 0 N–H and O–H groups in total. The molecular weight excluding hydrogens is 461 g/mol. The van der Waals surface area contributed by atoms with Crippen LogP contribution in [0.2, 0.25) is 10.2 Å². The van der Waals surface area contributed by atoms with Crippen molar-refractivity contribution in [1.29, 1.82) is 0 Å². The topological polar surface area (TPSA) is 71.3 Å². The molecule has 1 fully saturated rings. The molecule has 1 saturated heterocycles. The van der Waals surface area contributed by atoms with Gasteiger partial charge >= 0.3 is 5.69 Å². The van der Waals surface area contributed by atoms with Crippen molar-refractivity contribution in [2.24, 2.45) is 0 Å². The Hall–Kier alpha value is -2.90. The molecule has 0 bridgehead atoms. The highest BCUT2D eigenvalue weighted by Crippen LogP contribution is 2.33. The molecule has 0 saturated carbocycles.